The molecule has 1 aromatic rings. The monoisotopic (exact) mass is 280 g/mol. The first-order valence-electron chi connectivity index (χ1n) is 7.44. The number of nitrogens with two attached hydrogens (primary N) is 1. The van der Waals surface area contributed by atoms with Crippen LogP contribution in [0.25, 0.3) is 0 Å². The van der Waals surface area contributed by atoms with Crippen molar-refractivity contribution in [2.24, 2.45) is 5.73 Å². The predicted octanol–water partition coefficient (Wildman–Crippen LogP) is 3.37. The zero-order valence-electron chi connectivity index (χ0n) is 12.3. The third kappa shape index (κ3) is 6.15. The van der Waals surface area contributed by atoms with Crippen LogP contribution in [0.4, 0.5) is 4.39 Å². The number of carbonyl (C=O) groups is 1. The van der Waals surface area contributed by atoms with E-state index in [4.69, 9.17) is 5.73 Å². The van der Waals surface area contributed by atoms with E-state index >= 15 is 0 Å². The number of nitrogens with one attached hydrogen (secondary N) is 1. The van der Waals surface area contributed by atoms with Crippen molar-refractivity contribution in [3.05, 3.63) is 35.1 Å². The summed E-state index contributed by atoms with van der Waals surface area (Å²) >= 11 is 0. The van der Waals surface area contributed by atoms with E-state index in [1.165, 1.54) is 38.2 Å². The Morgan fingerprint density at radius 1 is 1.20 bits per heavy atom. The molecule has 1 rings (SSSR count). The molecule has 112 valence electrons. The Labute approximate surface area is 120 Å². The van der Waals surface area contributed by atoms with Gasteiger partial charge < -0.3 is 11.1 Å². The van der Waals surface area contributed by atoms with Crippen molar-refractivity contribution in [3.63, 3.8) is 0 Å². The molecule has 0 fully saturated rings. The third-order valence-corrected chi connectivity index (χ3v) is 3.36. The minimum atomic E-state index is -0.601. The van der Waals surface area contributed by atoms with Gasteiger partial charge in [0, 0.05) is 17.7 Å². The molecule has 20 heavy (non-hydrogen) atoms. The SMILES string of the molecule is CCCCCCCCNCc1ccc(C(N)=O)cc1F. The quantitative estimate of drug-likeness (QED) is 0.646. The lowest BCUT2D eigenvalue weighted by Crippen LogP contribution is -2.16. The average Bonchev–Trinajstić information content (AvgIpc) is 2.43. The summed E-state index contributed by atoms with van der Waals surface area (Å²) < 4.78 is 13.7. The molecule has 0 bridgehead atoms. The van der Waals surface area contributed by atoms with E-state index in [2.05, 4.69) is 12.2 Å². The van der Waals surface area contributed by atoms with Gasteiger partial charge in [0.1, 0.15) is 5.82 Å². The number of benzene rings is 1. The van der Waals surface area contributed by atoms with Crippen LogP contribution >= 0.6 is 0 Å². The predicted molar refractivity (Wildman–Crippen MR) is 80.0 cm³/mol. The van der Waals surface area contributed by atoms with Crippen molar-refractivity contribution >= 4 is 5.91 Å². The van der Waals surface area contributed by atoms with Crippen LogP contribution in [0.3, 0.4) is 0 Å². The number of halogens is 1. The summed E-state index contributed by atoms with van der Waals surface area (Å²) in [5, 5.41) is 3.23. The molecule has 0 spiro atoms. The van der Waals surface area contributed by atoms with Crippen LogP contribution in [-0.2, 0) is 6.54 Å². The summed E-state index contributed by atoms with van der Waals surface area (Å²) in [5.41, 5.74) is 5.88. The summed E-state index contributed by atoms with van der Waals surface area (Å²) in [6.45, 7) is 3.59. The Kier molecular flexibility index (Phi) is 7.88. The molecule has 0 aliphatic rings. The smallest absolute Gasteiger partial charge is 0.248 e. The molecule has 1 aromatic carbocycles. The fraction of sp³-hybridized carbons (Fsp3) is 0.562. The van der Waals surface area contributed by atoms with Crippen LogP contribution in [0.2, 0.25) is 0 Å². The lowest BCUT2D eigenvalue weighted by molar-refractivity contribution is 0.1000. The molecule has 0 aromatic heterocycles. The first kappa shape index (κ1) is 16.6. The Morgan fingerprint density at radius 2 is 1.90 bits per heavy atom. The molecular weight excluding hydrogens is 255 g/mol. The van der Waals surface area contributed by atoms with Crippen molar-refractivity contribution in [3.8, 4) is 0 Å². The number of carbonyl (C=O) groups excluding carboxylic acids is 1. The van der Waals surface area contributed by atoms with E-state index in [0.717, 1.165) is 13.0 Å². The van der Waals surface area contributed by atoms with Gasteiger partial charge in [0.15, 0.2) is 0 Å². The molecule has 0 atom stereocenters. The fourth-order valence-corrected chi connectivity index (χ4v) is 2.10. The van der Waals surface area contributed by atoms with Gasteiger partial charge in [0.2, 0.25) is 5.91 Å². The van der Waals surface area contributed by atoms with E-state index in [0.29, 0.717) is 12.1 Å². The molecule has 0 aliphatic carbocycles. The molecule has 1 amide bonds. The zero-order valence-corrected chi connectivity index (χ0v) is 12.3. The van der Waals surface area contributed by atoms with Crippen LogP contribution in [-0.4, -0.2) is 12.5 Å². The fourth-order valence-electron chi connectivity index (χ4n) is 2.10. The molecule has 0 heterocycles. The summed E-state index contributed by atoms with van der Waals surface area (Å²) in [6.07, 6.45) is 7.49. The topological polar surface area (TPSA) is 55.1 Å². The highest BCUT2D eigenvalue weighted by Crippen LogP contribution is 2.10. The summed E-state index contributed by atoms with van der Waals surface area (Å²) in [7, 11) is 0. The second kappa shape index (κ2) is 9.48. The Morgan fingerprint density at radius 3 is 2.55 bits per heavy atom. The number of amides is 1. The van der Waals surface area contributed by atoms with E-state index in [-0.39, 0.29) is 11.4 Å². The van der Waals surface area contributed by atoms with Gasteiger partial charge in [0.05, 0.1) is 0 Å². The van der Waals surface area contributed by atoms with Crippen molar-refractivity contribution in [1.82, 2.24) is 5.32 Å². The van der Waals surface area contributed by atoms with E-state index < -0.39 is 5.91 Å². The van der Waals surface area contributed by atoms with Gasteiger partial charge in [-0.2, -0.15) is 0 Å². The normalized spacial score (nSPS) is 10.7. The lowest BCUT2D eigenvalue weighted by Gasteiger charge is -2.07. The van der Waals surface area contributed by atoms with Gasteiger partial charge in [-0.1, -0.05) is 45.1 Å². The van der Waals surface area contributed by atoms with Crippen LogP contribution in [0.5, 0.6) is 0 Å². The van der Waals surface area contributed by atoms with Crippen molar-refractivity contribution < 1.29 is 9.18 Å². The molecule has 3 nitrogen and oxygen atoms in total. The second-order valence-corrected chi connectivity index (χ2v) is 5.11. The summed E-state index contributed by atoms with van der Waals surface area (Å²) in [6, 6.07) is 4.38. The molecule has 0 radical (unpaired) electrons. The number of hydrogen-bond acceptors (Lipinski definition) is 2. The maximum absolute atomic E-state index is 13.7. The number of rotatable bonds is 10. The lowest BCUT2D eigenvalue weighted by atomic mass is 10.1. The van der Waals surface area contributed by atoms with Gasteiger partial charge in [-0.3, -0.25) is 4.79 Å². The zero-order chi connectivity index (χ0) is 14.8. The van der Waals surface area contributed by atoms with Gasteiger partial charge in [-0.15, -0.1) is 0 Å². The first-order chi connectivity index (χ1) is 9.65. The third-order valence-electron chi connectivity index (χ3n) is 3.36. The number of unbranched alkanes of at least 4 members (excludes halogenated alkanes) is 5. The van der Waals surface area contributed by atoms with E-state index in [1.807, 2.05) is 0 Å². The maximum Gasteiger partial charge on any atom is 0.248 e. The van der Waals surface area contributed by atoms with Gasteiger partial charge >= 0.3 is 0 Å². The van der Waals surface area contributed by atoms with Gasteiger partial charge in [-0.05, 0) is 25.1 Å². The first-order valence-corrected chi connectivity index (χ1v) is 7.44. The standard InChI is InChI=1S/C16H25FN2O/c1-2-3-4-5-6-7-10-19-12-14-9-8-13(16(18)20)11-15(14)17/h8-9,11,19H,2-7,10,12H2,1H3,(H2,18,20). The van der Waals surface area contributed by atoms with Crippen LogP contribution in [0.1, 0.15) is 61.4 Å². The van der Waals surface area contributed by atoms with Crippen LogP contribution in [0, 0.1) is 5.82 Å². The van der Waals surface area contributed by atoms with Crippen molar-refractivity contribution in [2.75, 3.05) is 6.54 Å². The maximum atomic E-state index is 13.7. The largest absolute Gasteiger partial charge is 0.366 e. The number of primary amides is 1. The molecule has 0 saturated heterocycles. The van der Waals surface area contributed by atoms with Gasteiger partial charge in [-0.25, -0.2) is 4.39 Å². The Balaban J connectivity index is 2.20. The Bertz CT molecular complexity index is 421. The highest BCUT2D eigenvalue weighted by atomic mass is 19.1. The van der Waals surface area contributed by atoms with E-state index in [1.54, 1.807) is 12.1 Å². The van der Waals surface area contributed by atoms with Gasteiger partial charge in [0.25, 0.3) is 0 Å². The second-order valence-electron chi connectivity index (χ2n) is 5.11. The minimum Gasteiger partial charge on any atom is -0.366 e. The molecular formula is C16H25FN2O. The minimum absolute atomic E-state index is 0.210. The van der Waals surface area contributed by atoms with Crippen molar-refractivity contribution in [2.45, 2.75) is 52.0 Å². The summed E-state index contributed by atoms with van der Waals surface area (Å²) in [5.74, 6) is -0.979. The molecule has 0 unspecified atom stereocenters. The molecule has 0 saturated carbocycles. The number of hydrogen-bond donors (Lipinski definition) is 2. The van der Waals surface area contributed by atoms with E-state index in [9.17, 15) is 9.18 Å². The molecule has 0 aliphatic heterocycles. The molecule has 3 N–H and O–H groups in total. The highest BCUT2D eigenvalue weighted by Gasteiger charge is 2.06. The summed E-state index contributed by atoms with van der Waals surface area (Å²) in [4.78, 5) is 10.9. The van der Waals surface area contributed by atoms with Crippen LogP contribution in [0.15, 0.2) is 18.2 Å². The average molecular weight is 280 g/mol. The van der Waals surface area contributed by atoms with Crippen LogP contribution < -0.4 is 11.1 Å². The van der Waals surface area contributed by atoms with Crippen molar-refractivity contribution in [1.29, 1.82) is 0 Å². The highest BCUT2D eigenvalue weighted by molar-refractivity contribution is 5.92. The molecule has 4 heteroatoms. The Hall–Kier alpha value is -1.42.